The average molecular weight is 293 g/mol. The summed E-state index contributed by atoms with van der Waals surface area (Å²) in [5.74, 6) is 0. The van der Waals surface area contributed by atoms with Gasteiger partial charge >= 0.3 is 0 Å². The summed E-state index contributed by atoms with van der Waals surface area (Å²) in [7, 11) is 0. The SMILES string of the molecule is CCCCCCCCCCCCN.NCc1ccccc1. The lowest BCUT2D eigenvalue weighted by molar-refractivity contribution is 0.558. The maximum absolute atomic E-state index is 5.42. The molecule has 0 aliphatic rings. The molecule has 0 amide bonds. The van der Waals surface area contributed by atoms with Crippen LogP contribution in [-0.4, -0.2) is 6.54 Å². The Balaban J connectivity index is 0.000000423. The Morgan fingerprint density at radius 2 is 1.14 bits per heavy atom. The molecule has 1 aromatic rings. The molecule has 0 aliphatic heterocycles. The molecule has 0 spiro atoms. The second kappa shape index (κ2) is 17.2. The quantitative estimate of drug-likeness (QED) is 0.563. The van der Waals surface area contributed by atoms with Gasteiger partial charge in [-0.2, -0.15) is 0 Å². The summed E-state index contributed by atoms with van der Waals surface area (Å²) < 4.78 is 0. The summed E-state index contributed by atoms with van der Waals surface area (Å²) in [6.45, 7) is 3.78. The van der Waals surface area contributed by atoms with Gasteiger partial charge in [0.15, 0.2) is 0 Å². The molecule has 0 saturated heterocycles. The number of hydrogen-bond acceptors (Lipinski definition) is 2. The number of nitrogens with two attached hydrogens (primary N) is 2. The highest BCUT2D eigenvalue weighted by molar-refractivity contribution is 5.13. The Bertz CT molecular complexity index is 275. The van der Waals surface area contributed by atoms with Gasteiger partial charge in [-0.05, 0) is 18.5 Å². The van der Waals surface area contributed by atoms with Crippen LogP contribution in [0, 0.1) is 0 Å². The van der Waals surface area contributed by atoms with Crippen molar-refractivity contribution in [3.05, 3.63) is 35.9 Å². The Morgan fingerprint density at radius 3 is 1.52 bits per heavy atom. The van der Waals surface area contributed by atoms with Crippen molar-refractivity contribution in [1.29, 1.82) is 0 Å². The average Bonchev–Trinajstić information content (AvgIpc) is 2.55. The van der Waals surface area contributed by atoms with Crippen LogP contribution in [0.3, 0.4) is 0 Å². The van der Waals surface area contributed by atoms with E-state index >= 15 is 0 Å². The molecule has 1 aromatic carbocycles. The number of rotatable bonds is 11. The molecule has 4 N–H and O–H groups in total. The fourth-order valence-electron chi connectivity index (χ4n) is 2.25. The van der Waals surface area contributed by atoms with Gasteiger partial charge in [-0.1, -0.05) is 95.0 Å². The van der Waals surface area contributed by atoms with Crippen molar-refractivity contribution in [2.45, 2.75) is 77.7 Å². The predicted molar refractivity (Wildman–Crippen MR) is 95.2 cm³/mol. The van der Waals surface area contributed by atoms with Crippen molar-refractivity contribution < 1.29 is 0 Å². The van der Waals surface area contributed by atoms with Gasteiger partial charge in [-0.3, -0.25) is 0 Å². The van der Waals surface area contributed by atoms with Crippen molar-refractivity contribution in [1.82, 2.24) is 0 Å². The van der Waals surface area contributed by atoms with Crippen molar-refractivity contribution >= 4 is 0 Å². The van der Waals surface area contributed by atoms with Gasteiger partial charge in [0, 0.05) is 6.54 Å². The molecule has 0 bridgehead atoms. The highest BCUT2D eigenvalue weighted by Crippen LogP contribution is 2.09. The molecule has 0 heterocycles. The Hall–Kier alpha value is -0.860. The fourth-order valence-corrected chi connectivity index (χ4v) is 2.25. The van der Waals surface area contributed by atoms with E-state index in [1.807, 2.05) is 30.3 Å². The maximum Gasteiger partial charge on any atom is 0.0178 e. The molecule has 0 atom stereocenters. The molecule has 2 heteroatoms. The minimum atomic E-state index is 0.640. The lowest BCUT2D eigenvalue weighted by atomic mass is 10.1. The van der Waals surface area contributed by atoms with Crippen LogP contribution in [0.2, 0.25) is 0 Å². The molecule has 1 rings (SSSR count). The first-order chi connectivity index (χ1) is 10.3. The van der Waals surface area contributed by atoms with Crippen LogP contribution in [0.4, 0.5) is 0 Å². The molecule has 2 nitrogen and oxygen atoms in total. The Kier molecular flexibility index (Phi) is 16.5. The first-order valence-electron chi connectivity index (χ1n) is 8.79. The minimum absolute atomic E-state index is 0.640. The van der Waals surface area contributed by atoms with E-state index in [0.29, 0.717) is 6.54 Å². The zero-order chi connectivity index (χ0) is 15.6. The third kappa shape index (κ3) is 15.3. The molecule has 0 fully saturated rings. The van der Waals surface area contributed by atoms with Crippen molar-refractivity contribution in [2.75, 3.05) is 6.54 Å². The standard InChI is InChI=1S/C12H27N.C7H9N/c1-2-3-4-5-6-7-8-9-10-11-12-13;8-6-7-4-2-1-3-5-7/h2-13H2,1H3;1-5H,6,8H2. The topological polar surface area (TPSA) is 52.0 Å². The van der Waals surface area contributed by atoms with Crippen LogP contribution in [0.15, 0.2) is 30.3 Å². The van der Waals surface area contributed by atoms with E-state index < -0.39 is 0 Å². The minimum Gasteiger partial charge on any atom is -0.330 e. The third-order valence-corrected chi connectivity index (χ3v) is 3.64. The second-order valence-corrected chi connectivity index (χ2v) is 5.66. The third-order valence-electron chi connectivity index (χ3n) is 3.64. The van der Waals surface area contributed by atoms with Crippen molar-refractivity contribution in [3.8, 4) is 0 Å². The summed E-state index contributed by atoms with van der Waals surface area (Å²) in [6.07, 6.45) is 13.9. The van der Waals surface area contributed by atoms with Gasteiger partial charge in [-0.25, -0.2) is 0 Å². The monoisotopic (exact) mass is 292 g/mol. The first kappa shape index (κ1) is 20.1. The van der Waals surface area contributed by atoms with E-state index in [-0.39, 0.29) is 0 Å². The summed E-state index contributed by atoms with van der Waals surface area (Å²) in [6, 6.07) is 9.99. The molecule has 0 aliphatic carbocycles. The van der Waals surface area contributed by atoms with Crippen LogP contribution >= 0.6 is 0 Å². The van der Waals surface area contributed by atoms with Crippen LogP contribution in [0.1, 0.15) is 76.7 Å². The van der Waals surface area contributed by atoms with Crippen molar-refractivity contribution in [3.63, 3.8) is 0 Å². The lowest BCUT2D eigenvalue weighted by Gasteiger charge is -2.00. The molecule has 21 heavy (non-hydrogen) atoms. The summed E-state index contributed by atoms with van der Waals surface area (Å²) >= 11 is 0. The predicted octanol–water partition coefficient (Wildman–Crippen LogP) is 5.01. The van der Waals surface area contributed by atoms with Crippen LogP contribution in [0.25, 0.3) is 0 Å². The van der Waals surface area contributed by atoms with E-state index in [4.69, 9.17) is 11.5 Å². The number of hydrogen-bond donors (Lipinski definition) is 2. The number of benzene rings is 1. The zero-order valence-corrected chi connectivity index (χ0v) is 14.0. The summed E-state index contributed by atoms with van der Waals surface area (Å²) in [5, 5.41) is 0. The highest BCUT2D eigenvalue weighted by atomic mass is 14.5. The Labute approximate surface area is 132 Å². The van der Waals surface area contributed by atoms with Gasteiger partial charge in [0.25, 0.3) is 0 Å². The fraction of sp³-hybridized carbons (Fsp3) is 0.684. The smallest absolute Gasteiger partial charge is 0.0178 e. The molecular formula is C19H36N2. The van der Waals surface area contributed by atoms with Gasteiger partial charge < -0.3 is 11.5 Å². The first-order valence-corrected chi connectivity index (χ1v) is 8.79. The zero-order valence-electron chi connectivity index (χ0n) is 14.0. The summed E-state index contributed by atoms with van der Waals surface area (Å²) in [4.78, 5) is 0. The summed E-state index contributed by atoms with van der Waals surface area (Å²) in [5.41, 5.74) is 12.0. The Morgan fingerprint density at radius 1 is 0.667 bits per heavy atom. The maximum atomic E-state index is 5.42. The van der Waals surface area contributed by atoms with Crippen LogP contribution < -0.4 is 11.5 Å². The van der Waals surface area contributed by atoms with E-state index in [0.717, 1.165) is 6.54 Å². The van der Waals surface area contributed by atoms with E-state index in [2.05, 4.69) is 6.92 Å². The molecule has 0 unspecified atom stereocenters. The van der Waals surface area contributed by atoms with Gasteiger partial charge in [0.1, 0.15) is 0 Å². The molecule has 122 valence electrons. The largest absolute Gasteiger partial charge is 0.330 e. The van der Waals surface area contributed by atoms with Crippen LogP contribution in [-0.2, 0) is 6.54 Å². The molecular weight excluding hydrogens is 256 g/mol. The van der Waals surface area contributed by atoms with Gasteiger partial charge in [-0.15, -0.1) is 0 Å². The number of unbranched alkanes of at least 4 members (excludes halogenated alkanes) is 9. The molecule has 0 radical (unpaired) electrons. The van der Waals surface area contributed by atoms with Gasteiger partial charge in [0.05, 0.1) is 0 Å². The van der Waals surface area contributed by atoms with Crippen LogP contribution in [0.5, 0.6) is 0 Å². The molecule has 0 saturated carbocycles. The highest BCUT2D eigenvalue weighted by Gasteiger charge is 1.91. The van der Waals surface area contributed by atoms with E-state index in [9.17, 15) is 0 Å². The normalized spacial score (nSPS) is 10.0. The van der Waals surface area contributed by atoms with E-state index in [1.165, 1.54) is 69.8 Å². The van der Waals surface area contributed by atoms with E-state index in [1.54, 1.807) is 0 Å². The van der Waals surface area contributed by atoms with Crippen molar-refractivity contribution in [2.24, 2.45) is 11.5 Å². The molecule has 0 aromatic heterocycles. The second-order valence-electron chi connectivity index (χ2n) is 5.66. The van der Waals surface area contributed by atoms with Gasteiger partial charge in [0.2, 0.25) is 0 Å². The lowest BCUT2D eigenvalue weighted by Crippen LogP contribution is -1.97.